The van der Waals surface area contributed by atoms with Crippen molar-refractivity contribution in [2.75, 3.05) is 0 Å². The molecule has 34 heavy (non-hydrogen) atoms. The fraction of sp³-hybridized carbons (Fsp3) is 0.240. The number of benzene rings is 3. The van der Waals surface area contributed by atoms with Crippen LogP contribution in [0.4, 0.5) is 8.78 Å². The third-order valence-corrected chi connectivity index (χ3v) is 8.74. The van der Waals surface area contributed by atoms with Crippen LogP contribution in [0.3, 0.4) is 0 Å². The van der Waals surface area contributed by atoms with Gasteiger partial charge in [0, 0.05) is 16.1 Å². The first-order valence-corrected chi connectivity index (χ1v) is 13.5. The lowest BCUT2D eigenvalue weighted by Crippen LogP contribution is -2.29. The van der Waals surface area contributed by atoms with E-state index < -0.39 is 27.4 Å². The van der Waals surface area contributed by atoms with Gasteiger partial charge in [-0.2, -0.15) is 0 Å². The Morgan fingerprint density at radius 3 is 2.47 bits per heavy atom. The normalized spacial score (nSPS) is 14.0. The number of hydrogen-bond donors (Lipinski definition) is 1. The van der Waals surface area contributed by atoms with Crippen molar-refractivity contribution in [3.8, 4) is 11.5 Å². The summed E-state index contributed by atoms with van der Waals surface area (Å²) < 4.78 is 60.4. The summed E-state index contributed by atoms with van der Waals surface area (Å²) in [5, 5.41) is -0.314. The van der Waals surface area contributed by atoms with Gasteiger partial charge in [0.2, 0.25) is 0 Å². The maximum atomic E-state index is 14.5. The lowest BCUT2D eigenvalue weighted by molar-refractivity contribution is 0.0997. The van der Waals surface area contributed by atoms with Crippen molar-refractivity contribution in [2.24, 2.45) is 5.73 Å². The molecule has 0 aliphatic heterocycles. The van der Waals surface area contributed by atoms with E-state index in [1.165, 1.54) is 6.07 Å². The van der Waals surface area contributed by atoms with Crippen molar-refractivity contribution in [1.29, 1.82) is 0 Å². The third-order valence-electron chi connectivity index (χ3n) is 5.85. The molecule has 0 atom stereocenters. The van der Waals surface area contributed by atoms with Crippen LogP contribution < -0.4 is 10.5 Å². The van der Waals surface area contributed by atoms with E-state index in [1.807, 2.05) is 22.6 Å². The van der Waals surface area contributed by atoms with Gasteiger partial charge in [-0.3, -0.25) is 4.79 Å². The van der Waals surface area contributed by atoms with Crippen LogP contribution in [0, 0.1) is 15.2 Å². The molecule has 0 radical (unpaired) electrons. The summed E-state index contributed by atoms with van der Waals surface area (Å²) in [5.74, 6) is -2.01. The van der Waals surface area contributed by atoms with Gasteiger partial charge in [-0.15, -0.1) is 0 Å². The highest BCUT2D eigenvalue weighted by Gasteiger charge is 2.31. The Morgan fingerprint density at radius 2 is 1.82 bits per heavy atom. The van der Waals surface area contributed by atoms with Gasteiger partial charge >= 0.3 is 0 Å². The van der Waals surface area contributed by atoms with Crippen LogP contribution in [0.5, 0.6) is 11.5 Å². The standard InChI is InChI=1S/C25H22F2INO4S/c26-18-11-17(10-16-7-8-19(28)13-22(16)27)24(25(29)30)23(12-18)33-20-4-1-3-15(9-20)14-34(31,32)21-5-2-6-21/h1,3-4,7-9,11-13,21H,2,5-6,10,14H2,(H2,29,30). The van der Waals surface area contributed by atoms with Crippen molar-refractivity contribution >= 4 is 38.3 Å². The molecule has 9 heteroatoms. The van der Waals surface area contributed by atoms with Crippen molar-refractivity contribution in [3.63, 3.8) is 0 Å². The molecule has 178 valence electrons. The summed E-state index contributed by atoms with van der Waals surface area (Å²) >= 11 is 1.98. The molecule has 0 unspecified atom stereocenters. The molecule has 5 nitrogen and oxygen atoms in total. The van der Waals surface area contributed by atoms with E-state index in [2.05, 4.69) is 0 Å². The molecule has 0 aromatic heterocycles. The van der Waals surface area contributed by atoms with Gasteiger partial charge in [-0.1, -0.05) is 24.6 Å². The molecule has 1 aliphatic carbocycles. The van der Waals surface area contributed by atoms with Crippen molar-refractivity contribution in [3.05, 3.63) is 92.1 Å². The molecule has 3 aromatic rings. The fourth-order valence-electron chi connectivity index (χ4n) is 3.91. The molecule has 1 amide bonds. The summed E-state index contributed by atoms with van der Waals surface area (Å²) in [6, 6.07) is 13.2. The van der Waals surface area contributed by atoms with Gasteiger partial charge in [0.15, 0.2) is 9.84 Å². The number of primary amides is 1. The number of ether oxygens (including phenoxy) is 1. The molecule has 0 bridgehead atoms. The average molecular weight is 597 g/mol. The maximum absolute atomic E-state index is 14.5. The first kappa shape index (κ1) is 24.6. The second-order valence-corrected chi connectivity index (χ2v) is 11.9. The van der Waals surface area contributed by atoms with Gasteiger partial charge < -0.3 is 10.5 Å². The molecule has 4 rings (SSSR count). The van der Waals surface area contributed by atoms with E-state index in [4.69, 9.17) is 10.5 Å². The smallest absolute Gasteiger partial charge is 0.252 e. The first-order valence-electron chi connectivity index (χ1n) is 10.7. The van der Waals surface area contributed by atoms with Crippen LogP contribution in [0.2, 0.25) is 0 Å². The molecule has 0 spiro atoms. The quantitative estimate of drug-likeness (QED) is 0.347. The van der Waals surface area contributed by atoms with Crippen LogP contribution >= 0.6 is 22.6 Å². The van der Waals surface area contributed by atoms with Gasteiger partial charge in [0.25, 0.3) is 5.91 Å². The van der Waals surface area contributed by atoms with Gasteiger partial charge in [0.05, 0.1) is 16.6 Å². The minimum Gasteiger partial charge on any atom is -0.456 e. The van der Waals surface area contributed by atoms with E-state index in [-0.39, 0.29) is 45.6 Å². The van der Waals surface area contributed by atoms with Crippen LogP contribution in [0.25, 0.3) is 0 Å². The lowest BCUT2D eigenvalue weighted by atomic mass is 9.98. The number of halogens is 3. The summed E-state index contributed by atoms with van der Waals surface area (Å²) in [7, 11) is -3.27. The van der Waals surface area contributed by atoms with E-state index >= 15 is 0 Å². The molecular weight excluding hydrogens is 575 g/mol. The molecule has 3 aromatic carbocycles. The number of rotatable bonds is 8. The topological polar surface area (TPSA) is 86.5 Å². The Kier molecular flexibility index (Phi) is 7.22. The number of carbonyl (C=O) groups excluding carboxylic acids is 1. The van der Waals surface area contributed by atoms with Crippen LogP contribution in [0.15, 0.2) is 54.6 Å². The Hall–Kier alpha value is -2.53. The lowest BCUT2D eigenvalue weighted by Gasteiger charge is -2.25. The Balaban J connectivity index is 1.65. The molecule has 1 saturated carbocycles. The van der Waals surface area contributed by atoms with E-state index in [9.17, 15) is 22.0 Å². The van der Waals surface area contributed by atoms with Crippen LogP contribution in [0.1, 0.15) is 46.3 Å². The second-order valence-electron chi connectivity index (χ2n) is 8.32. The number of hydrogen-bond acceptors (Lipinski definition) is 4. The average Bonchev–Trinajstić information content (AvgIpc) is 2.67. The van der Waals surface area contributed by atoms with Crippen LogP contribution in [-0.2, 0) is 22.0 Å². The fourth-order valence-corrected chi connectivity index (χ4v) is 6.30. The van der Waals surface area contributed by atoms with Crippen molar-refractivity contribution in [2.45, 2.75) is 36.7 Å². The first-order chi connectivity index (χ1) is 16.1. The molecule has 1 fully saturated rings. The zero-order valence-electron chi connectivity index (χ0n) is 18.1. The zero-order chi connectivity index (χ0) is 24.5. The molecule has 1 aliphatic rings. The molecule has 0 heterocycles. The number of nitrogens with two attached hydrogens (primary N) is 1. The third kappa shape index (κ3) is 5.57. The van der Waals surface area contributed by atoms with Crippen molar-refractivity contribution in [1.82, 2.24) is 0 Å². The Morgan fingerprint density at radius 1 is 1.06 bits per heavy atom. The largest absolute Gasteiger partial charge is 0.456 e. The van der Waals surface area contributed by atoms with Gasteiger partial charge in [-0.05, 0) is 82.5 Å². The minimum atomic E-state index is -3.27. The second kappa shape index (κ2) is 9.99. The summed E-state index contributed by atoms with van der Waals surface area (Å²) in [6.07, 6.45) is 2.20. The van der Waals surface area contributed by atoms with E-state index in [1.54, 1.807) is 36.4 Å². The molecular formula is C25H22F2INO4S. The van der Waals surface area contributed by atoms with Crippen LogP contribution in [-0.4, -0.2) is 19.6 Å². The summed E-state index contributed by atoms with van der Waals surface area (Å²) in [4.78, 5) is 12.3. The maximum Gasteiger partial charge on any atom is 0.252 e. The Bertz CT molecular complexity index is 1360. The molecule has 2 N–H and O–H groups in total. The highest BCUT2D eigenvalue weighted by atomic mass is 127. The summed E-state index contributed by atoms with van der Waals surface area (Å²) in [6.45, 7) is 0. The van der Waals surface area contributed by atoms with Gasteiger partial charge in [-0.25, -0.2) is 17.2 Å². The highest BCUT2D eigenvalue weighted by Crippen LogP contribution is 2.33. The molecule has 0 saturated heterocycles. The van der Waals surface area contributed by atoms with E-state index in [0.717, 1.165) is 18.6 Å². The predicted molar refractivity (Wildman–Crippen MR) is 134 cm³/mol. The minimum absolute atomic E-state index is 0.0607. The predicted octanol–water partition coefficient (Wildman–Crippen LogP) is 5.52. The SMILES string of the molecule is NC(=O)c1c(Cc2ccc(I)cc2F)cc(F)cc1Oc1cccc(CS(=O)(=O)C2CCC2)c1. The van der Waals surface area contributed by atoms with Gasteiger partial charge in [0.1, 0.15) is 23.1 Å². The zero-order valence-corrected chi connectivity index (χ0v) is 21.0. The number of carbonyl (C=O) groups is 1. The number of amides is 1. The van der Waals surface area contributed by atoms with E-state index in [0.29, 0.717) is 22.0 Å². The Labute approximate surface area is 210 Å². The summed E-state index contributed by atoms with van der Waals surface area (Å²) in [5.41, 5.74) is 6.52. The monoisotopic (exact) mass is 597 g/mol. The number of sulfone groups is 1. The van der Waals surface area contributed by atoms with Crippen molar-refractivity contribution < 1.29 is 26.7 Å². The highest BCUT2D eigenvalue weighted by molar-refractivity contribution is 14.1.